The van der Waals surface area contributed by atoms with Gasteiger partial charge in [-0.05, 0) is 86.4 Å². The number of piperidine rings is 1. The van der Waals surface area contributed by atoms with Gasteiger partial charge in [0, 0.05) is 25.2 Å². The number of aromatic amines is 1. The number of aryl methyl sites for hydroxylation is 2. The first-order valence-corrected chi connectivity index (χ1v) is 12.8. The summed E-state index contributed by atoms with van der Waals surface area (Å²) in [5, 5.41) is 20.3. The molecule has 2 bridgehead atoms. The normalized spacial score (nSPS) is 23.7. The molecule has 3 N–H and O–H groups in total. The number of imidazole rings is 1. The molecule has 7 nitrogen and oxygen atoms in total. The van der Waals surface area contributed by atoms with Crippen molar-refractivity contribution in [3.63, 3.8) is 0 Å². The molecule has 2 aromatic carbocycles. The quantitative estimate of drug-likeness (QED) is 0.487. The number of amides is 2. The molecule has 2 saturated heterocycles. The summed E-state index contributed by atoms with van der Waals surface area (Å²) in [7, 11) is 0. The SMILES string of the molecule is CCCN(Cc1cc(-c2ccc3nc(C)[nH]c3c2)ccc1C)C(=O)N1C2CCC1CC(O)(CO)C2. The highest BCUT2D eigenvalue weighted by molar-refractivity contribution is 5.82. The summed E-state index contributed by atoms with van der Waals surface area (Å²) in [5.74, 6) is 0.902. The Kier molecular flexibility index (Phi) is 6.32. The Labute approximate surface area is 206 Å². The number of urea groups is 1. The molecule has 35 heavy (non-hydrogen) atoms. The first-order chi connectivity index (χ1) is 16.8. The summed E-state index contributed by atoms with van der Waals surface area (Å²) in [6.07, 6.45) is 3.57. The Balaban J connectivity index is 1.39. The summed E-state index contributed by atoms with van der Waals surface area (Å²) in [5.41, 5.74) is 5.47. The summed E-state index contributed by atoms with van der Waals surface area (Å²) < 4.78 is 0. The van der Waals surface area contributed by atoms with Gasteiger partial charge in [-0.1, -0.05) is 25.1 Å². The van der Waals surface area contributed by atoms with Gasteiger partial charge in [0.1, 0.15) is 5.82 Å². The molecular weight excluding hydrogens is 440 g/mol. The van der Waals surface area contributed by atoms with E-state index in [0.717, 1.165) is 58.4 Å². The maximum absolute atomic E-state index is 13.8. The molecular formula is C28H36N4O3. The predicted octanol–water partition coefficient (Wildman–Crippen LogP) is 4.53. The zero-order valence-corrected chi connectivity index (χ0v) is 20.9. The Hall–Kier alpha value is -2.90. The van der Waals surface area contributed by atoms with E-state index in [-0.39, 0.29) is 24.7 Å². The van der Waals surface area contributed by atoms with Crippen molar-refractivity contribution in [2.75, 3.05) is 13.2 Å². The molecule has 2 aliphatic rings. The van der Waals surface area contributed by atoms with E-state index >= 15 is 0 Å². The van der Waals surface area contributed by atoms with Gasteiger partial charge in [-0.3, -0.25) is 0 Å². The molecule has 2 atom stereocenters. The lowest BCUT2D eigenvalue weighted by Gasteiger charge is -2.44. The lowest BCUT2D eigenvalue weighted by atomic mass is 9.87. The zero-order valence-electron chi connectivity index (χ0n) is 20.9. The number of carbonyl (C=O) groups is 1. The number of aliphatic hydroxyl groups excluding tert-OH is 1. The van der Waals surface area contributed by atoms with Crippen LogP contribution in [0.25, 0.3) is 22.2 Å². The summed E-state index contributed by atoms with van der Waals surface area (Å²) in [6.45, 7) is 7.15. The standard InChI is InChI=1S/C28H36N4O3/c1-4-11-31(27(34)32-23-8-9-24(32)15-28(35,14-23)17-33)16-22-12-20(6-5-18(22)2)21-7-10-25-26(13-21)30-19(3)29-25/h5-7,10,12-13,23-24,33,35H,4,8-9,11,14-17H2,1-3H3,(H,29,30). The number of rotatable bonds is 6. The van der Waals surface area contributed by atoms with Crippen molar-refractivity contribution >= 4 is 17.1 Å². The number of hydrogen-bond acceptors (Lipinski definition) is 4. The van der Waals surface area contributed by atoms with Crippen LogP contribution in [0.15, 0.2) is 36.4 Å². The van der Waals surface area contributed by atoms with Crippen LogP contribution in [0, 0.1) is 13.8 Å². The molecule has 7 heteroatoms. The third kappa shape index (κ3) is 4.55. The van der Waals surface area contributed by atoms with Gasteiger partial charge in [0.05, 0.1) is 23.2 Å². The van der Waals surface area contributed by atoms with E-state index in [4.69, 9.17) is 0 Å². The van der Waals surface area contributed by atoms with E-state index in [2.05, 4.69) is 54.1 Å². The number of aromatic nitrogens is 2. The molecule has 0 saturated carbocycles. The molecule has 186 valence electrons. The van der Waals surface area contributed by atoms with Crippen molar-refractivity contribution in [3.8, 4) is 11.1 Å². The fourth-order valence-corrected chi connectivity index (χ4v) is 5.98. The lowest BCUT2D eigenvalue weighted by molar-refractivity contribution is -0.0755. The van der Waals surface area contributed by atoms with Crippen LogP contribution in [-0.4, -0.2) is 66.8 Å². The fraction of sp³-hybridized carbons (Fsp3) is 0.500. The minimum atomic E-state index is -1.06. The maximum atomic E-state index is 13.8. The molecule has 0 aliphatic carbocycles. The second kappa shape index (κ2) is 9.28. The molecule has 3 heterocycles. The second-order valence-corrected chi connectivity index (χ2v) is 10.5. The summed E-state index contributed by atoms with van der Waals surface area (Å²) in [6, 6.07) is 12.8. The highest BCUT2D eigenvalue weighted by atomic mass is 16.3. The fourth-order valence-electron chi connectivity index (χ4n) is 5.98. The highest BCUT2D eigenvalue weighted by Crippen LogP contribution is 2.41. The van der Waals surface area contributed by atoms with Crippen LogP contribution in [0.5, 0.6) is 0 Å². The van der Waals surface area contributed by atoms with Crippen molar-refractivity contribution in [2.24, 2.45) is 0 Å². The predicted molar refractivity (Wildman–Crippen MR) is 137 cm³/mol. The van der Waals surface area contributed by atoms with Crippen LogP contribution in [0.1, 0.15) is 56.0 Å². The smallest absolute Gasteiger partial charge is 0.320 e. The largest absolute Gasteiger partial charge is 0.393 e. The number of H-pyrrole nitrogens is 1. The topological polar surface area (TPSA) is 92.7 Å². The number of carbonyl (C=O) groups excluding carboxylic acids is 1. The minimum absolute atomic E-state index is 0.00484. The summed E-state index contributed by atoms with van der Waals surface area (Å²) >= 11 is 0. The van der Waals surface area contributed by atoms with Gasteiger partial charge >= 0.3 is 6.03 Å². The van der Waals surface area contributed by atoms with Gasteiger partial charge in [-0.15, -0.1) is 0 Å². The molecule has 2 fully saturated rings. The van der Waals surface area contributed by atoms with Crippen LogP contribution in [0.2, 0.25) is 0 Å². The van der Waals surface area contributed by atoms with Gasteiger partial charge in [0.2, 0.25) is 0 Å². The number of aliphatic hydroxyl groups is 2. The number of fused-ring (bicyclic) bond motifs is 3. The van der Waals surface area contributed by atoms with Crippen LogP contribution in [0.4, 0.5) is 4.79 Å². The van der Waals surface area contributed by atoms with Crippen LogP contribution < -0.4 is 0 Å². The number of nitrogens with one attached hydrogen (secondary N) is 1. The summed E-state index contributed by atoms with van der Waals surface area (Å²) in [4.78, 5) is 25.5. The molecule has 2 unspecified atom stereocenters. The van der Waals surface area contributed by atoms with Crippen LogP contribution in [0.3, 0.4) is 0 Å². The van der Waals surface area contributed by atoms with Gasteiger partial charge in [-0.25, -0.2) is 9.78 Å². The van der Waals surface area contributed by atoms with E-state index < -0.39 is 5.60 Å². The third-order valence-electron chi connectivity index (χ3n) is 7.77. The van der Waals surface area contributed by atoms with E-state index in [1.165, 1.54) is 0 Å². The van der Waals surface area contributed by atoms with Crippen LogP contribution >= 0.6 is 0 Å². The molecule has 2 amide bonds. The molecule has 3 aromatic rings. The van der Waals surface area contributed by atoms with Gasteiger partial charge < -0.3 is 25.0 Å². The molecule has 5 rings (SSSR count). The lowest BCUT2D eigenvalue weighted by Crippen LogP contribution is -2.57. The van der Waals surface area contributed by atoms with E-state index in [1.54, 1.807) is 0 Å². The first-order valence-electron chi connectivity index (χ1n) is 12.8. The van der Waals surface area contributed by atoms with Crippen molar-refractivity contribution < 1.29 is 15.0 Å². The van der Waals surface area contributed by atoms with Crippen LogP contribution in [-0.2, 0) is 6.54 Å². The second-order valence-electron chi connectivity index (χ2n) is 10.5. The molecule has 1 aromatic heterocycles. The van der Waals surface area contributed by atoms with Crippen molar-refractivity contribution in [1.29, 1.82) is 0 Å². The zero-order chi connectivity index (χ0) is 24.7. The Morgan fingerprint density at radius 2 is 1.83 bits per heavy atom. The number of hydrogen-bond donors (Lipinski definition) is 3. The van der Waals surface area contributed by atoms with Crippen molar-refractivity contribution in [3.05, 3.63) is 53.3 Å². The Morgan fingerprint density at radius 1 is 1.14 bits per heavy atom. The van der Waals surface area contributed by atoms with E-state index in [0.29, 0.717) is 25.9 Å². The number of benzene rings is 2. The Morgan fingerprint density at radius 3 is 2.51 bits per heavy atom. The molecule has 0 radical (unpaired) electrons. The highest BCUT2D eigenvalue weighted by Gasteiger charge is 2.49. The van der Waals surface area contributed by atoms with E-state index in [1.807, 2.05) is 22.8 Å². The van der Waals surface area contributed by atoms with E-state index in [9.17, 15) is 15.0 Å². The van der Waals surface area contributed by atoms with Crippen molar-refractivity contribution in [2.45, 2.75) is 77.1 Å². The minimum Gasteiger partial charge on any atom is -0.393 e. The maximum Gasteiger partial charge on any atom is 0.320 e. The van der Waals surface area contributed by atoms with Gasteiger partial charge in [0.15, 0.2) is 0 Å². The van der Waals surface area contributed by atoms with Crippen molar-refractivity contribution in [1.82, 2.24) is 19.8 Å². The number of nitrogens with zero attached hydrogens (tertiary/aromatic N) is 3. The molecule has 2 aliphatic heterocycles. The Bertz CT molecular complexity index is 1220. The monoisotopic (exact) mass is 476 g/mol. The average molecular weight is 477 g/mol. The third-order valence-corrected chi connectivity index (χ3v) is 7.77. The van der Waals surface area contributed by atoms with Gasteiger partial charge in [0.25, 0.3) is 0 Å². The van der Waals surface area contributed by atoms with Gasteiger partial charge in [-0.2, -0.15) is 0 Å². The average Bonchev–Trinajstić information content (AvgIpc) is 3.35. The molecule has 0 spiro atoms. The first kappa shape index (κ1) is 23.8.